The summed E-state index contributed by atoms with van der Waals surface area (Å²) in [4.78, 5) is 11.2. The fraction of sp³-hybridized carbons (Fsp3) is 0.174. The first kappa shape index (κ1) is 19.3. The molecule has 0 amide bonds. The van der Waals surface area contributed by atoms with Crippen LogP contribution in [-0.4, -0.2) is 18.2 Å². The summed E-state index contributed by atoms with van der Waals surface area (Å²) >= 11 is 0. The minimum Gasteiger partial charge on any atom is -0.495 e. The lowest BCUT2D eigenvalue weighted by molar-refractivity contribution is 0.0697. The number of carboxylic acids is 1. The molecule has 0 saturated heterocycles. The summed E-state index contributed by atoms with van der Waals surface area (Å²) in [5, 5.41) is 12.4. The number of hydrogen-bond donors (Lipinski definition) is 2. The van der Waals surface area contributed by atoms with Crippen molar-refractivity contribution in [2.24, 2.45) is 0 Å². The Morgan fingerprint density at radius 1 is 1.00 bits per heavy atom. The Hall–Kier alpha value is -3.47. The largest absolute Gasteiger partial charge is 0.495 e. The molecule has 3 rings (SSSR count). The van der Waals surface area contributed by atoms with Crippen molar-refractivity contribution in [3.05, 3.63) is 89.0 Å². The van der Waals surface area contributed by atoms with E-state index in [1.807, 2.05) is 36.4 Å². The van der Waals surface area contributed by atoms with Crippen molar-refractivity contribution < 1.29 is 19.4 Å². The molecule has 28 heavy (non-hydrogen) atoms. The minimum absolute atomic E-state index is 0.211. The van der Waals surface area contributed by atoms with Gasteiger partial charge in [0.25, 0.3) is 0 Å². The van der Waals surface area contributed by atoms with Gasteiger partial charge in [-0.15, -0.1) is 0 Å². The van der Waals surface area contributed by atoms with Gasteiger partial charge in [-0.3, -0.25) is 0 Å². The first-order chi connectivity index (χ1) is 13.5. The van der Waals surface area contributed by atoms with Gasteiger partial charge < -0.3 is 19.9 Å². The number of benzene rings is 3. The summed E-state index contributed by atoms with van der Waals surface area (Å²) < 4.78 is 11.1. The van der Waals surface area contributed by atoms with Crippen molar-refractivity contribution in [1.82, 2.24) is 0 Å². The Morgan fingerprint density at radius 2 is 1.79 bits per heavy atom. The maximum atomic E-state index is 11.2. The fourth-order valence-corrected chi connectivity index (χ4v) is 2.85. The fourth-order valence-electron chi connectivity index (χ4n) is 2.85. The molecule has 0 aliphatic rings. The Kier molecular flexibility index (Phi) is 6.17. The molecule has 5 nitrogen and oxygen atoms in total. The minimum atomic E-state index is -0.971. The molecule has 0 atom stereocenters. The maximum Gasteiger partial charge on any atom is 0.335 e. The highest BCUT2D eigenvalue weighted by Crippen LogP contribution is 2.26. The van der Waals surface area contributed by atoms with E-state index >= 15 is 0 Å². The Labute approximate surface area is 164 Å². The molecule has 0 aromatic heterocycles. The molecule has 0 spiro atoms. The van der Waals surface area contributed by atoms with Gasteiger partial charge in [-0.05, 0) is 48.4 Å². The molecule has 0 bridgehead atoms. The van der Waals surface area contributed by atoms with Crippen molar-refractivity contribution in [1.29, 1.82) is 0 Å². The third-order valence-electron chi connectivity index (χ3n) is 4.34. The number of ether oxygens (including phenoxy) is 2. The summed E-state index contributed by atoms with van der Waals surface area (Å²) in [7, 11) is 1.56. The molecule has 0 aliphatic carbocycles. The van der Waals surface area contributed by atoms with Crippen LogP contribution in [0.25, 0.3) is 0 Å². The Morgan fingerprint density at radius 3 is 2.46 bits per heavy atom. The summed E-state index contributed by atoms with van der Waals surface area (Å²) in [5.41, 5.74) is 4.25. The van der Waals surface area contributed by atoms with Crippen LogP contribution in [0.15, 0.2) is 66.7 Å². The molecule has 5 heteroatoms. The standard InChI is InChI=1S/C23H23NO4/c1-16-4-3-5-18(12-16)15-28-20-9-6-17(7-10-20)14-24-21-13-19(23(25)26)8-11-22(21)27-2/h3-13,24H,14-15H2,1-2H3,(H,25,26). The zero-order valence-electron chi connectivity index (χ0n) is 15.9. The van der Waals surface area contributed by atoms with E-state index in [0.717, 1.165) is 16.9 Å². The number of nitrogens with one attached hydrogen (secondary N) is 1. The molecule has 144 valence electrons. The van der Waals surface area contributed by atoms with E-state index in [2.05, 4.69) is 24.4 Å². The van der Waals surface area contributed by atoms with Crippen molar-refractivity contribution in [2.45, 2.75) is 20.1 Å². The Balaban J connectivity index is 1.60. The molecule has 0 aliphatic heterocycles. The van der Waals surface area contributed by atoms with E-state index in [1.165, 1.54) is 11.6 Å². The second-order valence-electron chi connectivity index (χ2n) is 6.50. The molecular formula is C23H23NO4. The first-order valence-electron chi connectivity index (χ1n) is 8.97. The zero-order valence-corrected chi connectivity index (χ0v) is 15.9. The summed E-state index contributed by atoms with van der Waals surface area (Å²) in [6.45, 7) is 3.13. The number of hydrogen-bond acceptors (Lipinski definition) is 4. The van der Waals surface area contributed by atoms with Crippen molar-refractivity contribution >= 4 is 11.7 Å². The average molecular weight is 377 g/mol. The third kappa shape index (κ3) is 5.04. The van der Waals surface area contributed by atoms with E-state index in [0.29, 0.717) is 24.6 Å². The number of carbonyl (C=O) groups is 1. The van der Waals surface area contributed by atoms with Crippen molar-refractivity contribution in [2.75, 3.05) is 12.4 Å². The molecule has 0 saturated carbocycles. The van der Waals surface area contributed by atoms with Gasteiger partial charge in [-0.25, -0.2) is 4.79 Å². The Bertz CT molecular complexity index is 951. The SMILES string of the molecule is COc1ccc(C(=O)O)cc1NCc1ccc(OCc2cccc(C)c2)cc1. The van der Waals surface area contributed by atoms with Crippen LogP contribution >= 0.6 is 0 Å². The highest BCUT2D eigenvalue weighted by Gasteiger charge is 2.09. The summed E-state index contributed by atoms with van der Waals surface area (Å²) in [6, 6.07) is 20.8. The van der Waals surface area contributed by atoms with Crippen LogP contribution in [0.1, 0.15) is 27.0 Å². The highest BCUT2D eigenvalue weighted by molar-refractivity contribution is 5.89. The smallest absolute Gasteiger partial charge is 0.335 e. The van der Waals surface area contributed by atoms with Gasteiger partial charge in [0, 0.05) is 6.54 Å². The molecular weight excluding hydrogens is 354 g/mol. The van der Waals surface area contributed by atoms with Crippen LogP contribution in [0.5, 0.6) is 11.5 Å². The van der Waals surface area contributed by atoms with Crippen LogP contribution in [-0.2, 0) is 13.2 Å². The molecule has 2 N–H and O–H groups in total. The van der Waals surface area contributed by atoms with Crippen molar-refractivity contribution in [3.8, 4) is 11.5 Å². The van der Waals surface area contributed by atoms with Gasteiger partial charge >= 0.3 is 5.97 Å². The molecule has 3 aromatic rings. The summed E-state index contributed by atoms with van der Waals surface area (Å²) in [6.07, 6.45) is 0. The summed E-state index contributed by atoms with van der Waals surface area (Å²) in [5.74, 6) is 0.430. The predicted octanol–water partition coefficient (Wildman–Crippen LogP) is 4.89. The van der Waals surface area contributed by atoms with Gasteiger partial charge in [-0.2, -0.15) is 0 Å². The quantitative estimate of drug-likeness (QED) is 0.585. The molecule has 0 fully saturated rings. The molecule has 3 aromatic carbocycles. The second-order valence-corrected chi connectivity index (χ2v) is 6.50. The van der Waals surface area contributed by atoms with Gasteiger partial charge in [0.15, 0.2) is 0 Å². The van der Waals surface area contributed by atoms with E-state index in [9.17, 15) is 4.79 Å². The van der Waals surface area contributed by atoms with Crippen LogP contribution < -0.4 is 14.8 Å². The van der Waals surface area contributed by atoms with E-state index in [1.54, 1.807) is 19.2 Å². The number of carboxylic acid groups (broad SMARTS) is 1. The molecule has 0 heterocycles. The van der Waals surface area contributed by atoms with Crippen LogP contribution in [0.3, 0.4) is 0 Å². The number of methoxy groups -OCH3 is 1. The van der Waals surface area contributed by atoms with Gasteiger partial charge in [0.2, 0.25) is 0 Å². The lowest BCUT2D eigenvalue weighted by atomic mass is 10.1. The highest BCUT2D eigenvalue weighted by atomic mass is 16.5. The van der Waals surface area contributed by atoms with Crippen LogP contribution in [0.2, 0.25) is 0 Å². The third-order valence-corrected chi connectivity index (χ3v) is 4.34. The van der Waals surface area contributed by atoms with Crippen LogP contribution in [0.4, 0.5) is 5.69 Å². The lowest BCUT2D eigenvalue weighted by Crippen LogP contribution is -2.04. The normalized spacial score (nSPS) is 10.4. The van der Waals surface area contributed by atoms with Gasteiger partial charge in [0.05, 0.1) is 18.4 Å². The van der Waals surface area contributed by atoms with Gasteiger partial charge in [0.1, 0.15) is 18.1 Å². The maximum absolute atomic E-state index is 11.2. The second kappa shape index (κ2) is 8.95. The molecule has 0 unspecified atom stereocenters. The van der Waals surface area contributed by atoms with Gasteiger partial charge in [-0.1, -0.05) is 42.0 Å². The van der Waals surface area contributed by atoms with E-state index in [-0.39, 0.29) is 5.56 Å². The molecule has 0 radical (unpaired) electrons. The monoisotopic (exact) mass is 377 g/mol. The topological polar surface area (TPSA) is 67.8 Å². The lowest BCUT2D eigenvalue weighted by Gasteiger charge is -2.12. The van der Waals surface area contributed by atoms with E-state index < -0.39 is 5.97 Å². The number of aryl methyl sites for hydroxylation is 1. The van der Waals surface area contributed by atoms with Crippen molar-refractivity contribution in [3.63, 3.8) is 0 Å². The van der Waals surface area contributed by atoms with E-state index in [4.69, 9.17) is 14.6 Å². The van der Waals surface area contributed by atoms with Crippen LogP contribution in [0, 0.1) is 6.92 Å². The number of anilines is 1. The predicted molar refractivity (Wildman–Crippen MR) is 109 cm³/mol. The number of rotatable bonds is 8. The first-order valence-corrected chi connectivity index (χ1v) is 8.97. The zero-order chi connectivity index (χ0) is 19.9. The average Bonchev–Trinajstić information content (AvgIpc) is 2.71. The number of aromatic carboxylic acids is 1.